The minimum Gasteiger partial charge on any atom is -0.330 e. The van der Waals surface area contributed by atoms with Crippen LogP contribution < -0.4 is 5.73 Å². The van der Waals surface area contributed by atoms with Crippen molar-refractivity contribution in [3.05, 3.63) is 65.2 Å². The van der Waals surface area contributed by atoms with Gasteiger partial charge >= 0.3 is 0 Å². The highest BCUT2D eigenvalue weighted by molar-refractivity contribution is 7.99. The molecule has 2 N–H and O–H groups in total. The Bertz CT molecular complexity index is 608. The Morgan fingerprint density at radius 2 is 1.90 bits per heavy atom. The molecule has 0 amide bonds. The third kappa shape index (κ3) is 3.33. The van der Waals surface area contributed by atoms with Crippen molar-refractivity contribution in [1.82, 2.24) is 0 Å². The molecule has 3 rings (SSSR count). The average molecular weight is 297 g/mol. The third-order valence-corrected chi connectivity index (χ3v) is 5.77. The molecule has 2 aromatic carbocycles. The Morgan fingerprint density at radius 1 is 1.14 bits per heavy atom. The zero-order valence-corrected chi connectivity index (χ0v) is 13.4. The van der Waals surface area contributed by atoms with Crippen LogP contribution in [0.1, 0.15) is 29.0 Å². The van der Waals surface area contributed by atoms with Gasteiger partial charge in [0, 0.05) is 10.6 Å². The molecule has 1 aliphatic heterocycles. The quantitative estimate of drug-likeness (QED) is 0.885. The van der Waals surface area contributed by atoms with Crippen LogP contribution in [-0.4, -0.2) is 12.3 Å². The normalized spacial score (nSPS) is 18.5. The van der Waals surface area contributed by atoms with E-state index in [0.717, 1.165) is 13.0 Å². The van der Waals surface area contributed by atoms with Crippen molar-refractivity contribution < 1.29 is 0 Å². The highest BCUT2D eigenvalue weighted by Gasteiger charge is 2.25. The SMILES string of the molecule is Cc1ccccc1CC(CN)CC1CSc2ccccc21. The summed E-state index contributed by atoms with van der Waals surface area (Å²) in [6, 6.07) is 17.5. The average Bonchev–Trinajstić information content (AvgIpc) is 2.92. The van der Waals surface area contributed by atoms with Crippen LogP contribution in [0.2, 0.25) is 0 Å². The fourth-order valence-electron chi connectivity index (χ4n) is 3.24. The Labute approximate surface area is 132 Å². The fraction of sp³-hybridized carbons (Fsp3) is 0.368. The van der Waals surface area contributed by atoms with Crippen molar-refractivity contribution >= 4 is 11.8 Å². The molecular formula is C19H23NS. The molecule has 0 aromatic heterocycles. The van der Waals surface area contributed by atoms with E-state index in [1.165, 1.54) is 33.8 Å². The van der Waals surface area contributed by atoms with Crippen LogP contribution >= 0.6 is 11.8 Å². The smallest absolute Gasteiger partial charge is 0.0107 e. The number of hydrogen-bond donors (Lipinski definition) is 1. The van der Waals surface area contributed by atoms with Crippen molar-refractivity contribution in [1.29, 1.82) is 0 Å². The first-order valence-electron chi connectivity index (χ1n) is 7.74. The molecular weight excluding hydrogens is 274 g/mol. The summed E-state index contributed by atoms with van der Waals surface area (Å²) in [7, 11) is 0. The van der Waals surface area contributed by atoms with Crippen LogP contribution in [0.25, 0.3) is 0 Å². The zero-order valence-electron chi connectivity index (χ0n) is 12.6. The van der Waals surface area contributed by atoms with E-state index in [1.807, 2.05) is 11.8 Å². The number of aryl methyl sites for hydroxylation is 1. The lowest BCUT2D eigenvalue weighted by Gasteiger charge is -2.20. The van der Waals surface area contributed by atoms with Gasteiger partial charge in [0.1, 0.15) is 0 Å². The van der Waals surface area contributed by atoms with Gasteiger partial charge < -0.3 is 5.73 Å². The highest BCUT2D eigenvalue weighted by Crippen LogP contribution is 2.42. The summed E-state index contributed by atoms with van der Waals surface area (Å²) in [5.74, 6) is 2.45. The molecule has 110 valence electrons. The molecule has 21 heavy (non-hydrogen) atoms. The lowest BCUT2D eigenvalue weighted by atomic mass is 9.86. The Kier molecular flexibility index (Phi) is 4.67. The number of thioether (sulfide) groups is 1. The van der Waals surface area contributed by atoms with E-state index in [0.29, 0.717) is 11.8 Å². The molecule has 0 spiro atoms. The summed E-state index contributed by atoms with van der Waals surface area (Å²) in [4.78, 5) is 1.47. The molecule has 0 bridgehead atoms. The van der Waals surface area contributed by atoms with E-state index in [9.17, 15) is 0 Å². The van der Waals surface area contributed by atoms with Gasteiger partial charge in [-0.1, -0.05) is 42.5 Å². The van der Waals surface area contributed by atoms with Crippen molar-refractivity contribution in [3.63, 3.8) is 0 Å². The molecule has 2 unspecified atom stereocenters. The second-order valence-corrected chi connectivity index (χ2v) is 7.08. The van der Waals surface area contributed by atoms with E-state index in [-0.39, 0.29) is 0 Å². The molecule has 0 saturated heterocycles. The third-order valence-electron chi connectivity index (χ3n) is 4.52. The standard InChI is InChI=1S/C19H23NS/c1-14-6-2-3-7-16(14)10-15(12-20)11-17-13-21-19-9-5-4-8-18(17)19/h2-9,15,17H,10-13,20H2,1H3. The van der Waals surface area contributed by atoms with Crippen molar-refractivity contribution in [3.8, 4) is 0 Å². The van der Waals surface area contributed by atoms with Crippen molar-refractivity contribution in [2.45, 2.75) is 30.6 Å². The van der Waals surface area contributed by atoms with Crippen LogP contribution in [0.5, 0.6) is 0 Å². The Morgan fingerprint density at radius 3 is 2.71 bits per heavy atom. The summed E-state index contributed by atoms with van der Waals surface area (Å²) in [5.41, 5.74) is 10.4. The topological polar surface area (TPSA) is 26.0 Å². The summed E-state index contributed by atoms with van der Waals surface area (Å²) in [6.07, 6.45) is 2.31. The fourth-order valence-corrected chi connectivity index (χ4v) is 4.51. The predicted octanol–water partition coefficient (Wildman–Crippen LogP) is 4.39. The van der Waals surface area contributed by atoms with E-state index < -0.39 is 0 Å². The first kappa shape index (κ1) is 14.7. The maximum atomic E-state index is 6.06. The number of fused-ring (bicyclic) bond motifs is 1. The first-order chi connectivity index (χ1) is 10.3. The highest BCUT2D eigenvalue weighted by atomic mass is 32.2. The lowest BCUT2D eigenvalue weighted by Crippen LogP contribution is -2.20. The van der Waals surface area contributed by atoms with E-state index in [1.54, 1.807) is 0 Å². The van der Waals surface area contributed by atoms with Crippen LogP contribution in [0.3, 0.4) is 0 Å². The van der Waals surface area contributed by atoms with Gasteiger partial charge in [-0.3, -0.25) is 0 Å². The number of benzene rings is 2. The molecule has 1 heterocycles. The summed E-state index contributed by atoms with van der Waals surface area (Å²) in [6.45, 7) is 2.97. The van der Waals surface area contributed by atoms with Gasteiger partial charge in [-0.2, -0.15) is 0 Å². The van der Waals surface area contributed by atoms with E-state index >= 15 is 0 Å². The zero-order chi connectivity index (χ0) is 14.7. The van der Waals surface area contributed by atoms with Gasteiger partial charge in [0.15, 0.2) is 0 Å². The molecule has 2 aromatic rings. The number of hydrogen-bond acceptors (Lipinski definition) is 2. The van der Waals surface area contributed by atoms with Crippen LogP contribution in [0.4, 0.5) is 0 Å². The van der Waals surface area contributed by atoms with Gasteiger partial charge in [-0.15, -0.1) is 11.8 Å². The summed E-state index contributed by atoms with van der Waals surface area (Å²) >= 11 is 2.00. The maximum absolute atomic E-state index is 6.06. The largest absolute Gasteiger partial charge is 0.330 e. The minimum absolute atomic E-state index is 0.572. The molecule has 1 aliphatic rings. The van der Waals surface area contributed by atoms with Gasteiger partial charge in [-0.05, 0) is 60.9 Å². The van der Waals surface area contributed by atoms with Gasteiger partial charge in [0.05, 0.1) is 0 Å². The van der Waals surface area contributed by atoms with Gasteiger partial charge in [0.2, 0.25) is 0 Å². The van der Waals surface area contributed by atoms with Crippen LogP contribution in [-0.2, 0) is 6.42 Å². The maximum Gasteiger partial charge on any atom is 0.0107 e. The summed E-state index contributed by atoms with van der Waals surface area (Å²) in [5, 5.41) is 0. The minimum atomic E-state index is 0.572. The summed E-state index contributed by atoms with van der Waals surface area (Å²) < 4.78 is 0. The second kappa shape index (κ2) is 6.67. The number of rotatable bonds is 5. The van der Waals surface area contributed by atoms with E-state index in [2.05, 4.69) is 55.5 Å². The molecule has 0 fully saturated rings. The Hall–Kier alpha value is -1.25. The predicted molar refractivity (Wildman–Crippen MR) is 92.0 cm³/mol. The van der Waals surface area contributed by atoms with Crippen LogP contribution in [0, 0.1) is 12.8 Å². The molecule has 1 nitrogen and oxygen atoms in total. The second-order valence-electron chi connectivity index (χ2n) is 6.01. The van der Waals surface area contributed by atoms with Crippen LogP contribution in [0.15, 0.2) is 53.4 Å². The molecule has 0 aliphatic carbocycles. The van der Waals surface area contributed by atoms with Crippen molar-refractivity contribution in [2.24, 2.45) is 11.7 Å². The number of nitrogens with two attached hydrogens (primary N) is 1. The first-order valence-corrected chi connectivity index (χ1v) is 8.72. The molecule has 0 saturated carbocycles. The van der Waals surface area contributed by atoms with Gasteiger partial charge in [-0.25, -0.2) is 0 Å². The molecule has 0 radical (unpaired) electrons. The van der Waals surface area contributed by atoms with E-state index in [4.69, 9.17) is 5.73 Å². The molecule has 2 heteroatoms. The molecule has 2 atom stereocenters. The van der Waals surface area contributed by atoms with Crippen molar-refractivity contribution in [2.75, 3.05) is 12.3 Å². The lowest BCUT2D eigenvalue weighted by molar-refractivity contribution is 0.456. The monoisotopic (exact) mass is 297 g/mol. The van der Waals surface area contributed by atoms with Gasteiger partial charge in [0.25, 0.3) is 0 Å². The Balaban J connectivity index is 1.70.